The fourth-order valence-corrected chi connectivity index (χ4v) is 1.55. The molecule has 0 bridgehead atoms. The van der Waals surface area contributed by atoms with Crippen molar-refractivity contribution in [3.05, 3.63) is 28.8 Å². The number of nitrogen functional groups attached to an aromatic ring is 1. The number of hydrogen-bond acceptors (Lipinski definition) is 3. The van der Waals surface area contributed by atoms with Crippen LogP contribution in [-0.2, 0) is 0 Å². The molecular formula is C11H18N2O. The fourth-order valence-electron chi connectivity index (χ4n) is 1.55. The topological polar surface area (TPSA) is 72.3 Å². The Morgan fingerprint density at radius 3 is 2.36 bits per heavy atom. The van der Waals surface area contributed by atoms with Crippen LogP contribution >= 0.6 is 0 Å². The second-order valence-corrected chi connectivity index (χ2v) is 3.85. The predicted octanol–water partition coefficient (Wildman–Crippen LogP) is 1.27. The van der Waals surface area contributed by atoms with Gasteiger partial charge in [0.25, 0.3) is 0 Å². The van der Waals surface area contributed by atoms with Crippen LogP contribution in [-0.4, -0.2) is 11.2 Å². The van der Waals surface area contributed by atoms with Gasteiger partial charge >= 0.3 is 0 Å². The average molecular weight is 194 g/mol. The highest BCUT2D eigenvalue weighted by Gasteiger charge is 2.16. The molecule has 0 saturated heterocycles. The molecule has 0 aromatic heterocycles. The van der Waals surface area contributed by atoms with E-state index in [0.717, 1.165) is 16.7 Å². The Kier molecular flexibility index (Phi) is 3.13. The zero-order chi connectivity index (χ0) is 10.9. The molecule has 0 unspecified atom stereocenters. The molecule has 0 aliphatic heterocycles. The van der Waals surface area contributed by atoms with Gasteiger partial charge in [-0.1, -0.05) is 17.7 Å². The first-order chi connectivity index (χ1) is 6.43. The van der Waals surface area contributed by atoms with Gasteiger partial charge < -0.3 is 16.6 Å². The summed E-state index contributed by atoms with van der Waals surface area (Å²) in [6, 6.07) is 3.53. The number of nitrogens with two attached hydrogens (primary N) is 2. The molecule has 1 aromatic rings. The molecule has 1 rings (SSSR count). The summed E-state index contributed by atoms with van der Waals surface area (Å²) in [7, 11) is 0. The van der Waals surface area contributed by atoms with Gasteiger partial charge in [0.2, 0.25) is 0 Å². The monoisotopic (exact) mass is 194 g/mol. The molecule has 0 amide bonds. The molecule has 78 valence electrons. The van der Waals surface area contributed by atoms with Crippen molar-refractivity contribution in [2.45, 2.75) is 32.9 Å². The number of aliphatic hydroxyl groups is 1. The highest BCUT2D eigenvalue weighted by molar-refractivity contribution is 5.56. The van der Waals surface area contributed by atoms with Crippen molar-refractivity contribution in [1.82, 2.24) is 0 Å². The van der Waals surface area contributed by atoms with Crippen LogP contribution in [0.3, 0.4) is 0 Å². The van der Waals surface area contributed by atoms with Gasteiger partial charge in [-0.2, -0.15) is 0 Å². The molecule has 0 saturated carbocycles. The van der Waals surface area contributed by atoms with E-state index in [1.165, 1.54) is 0 Å². The Labute approximate surface area is 84.7 Å². The van der Waals surface area contributed by atoms with E-state index in [1.807, 2.05) is 26.0 Å². The molecule has 1 aromatic carbocycles. The summed E-state index contributed by atoms with van der Waals surface area (Å²) in [6.45, 7) is 5.60. The molecule has 0 heterocycles. The Hall–Kier alpha value is -1.06. The molecule has 3 heteroatoms. The largest absolute Gasteiger partial charge is 0.398 e. The van der Waals surface area contributed by atoms with E-state index in [9.17, 15) is 5.11 Å². The third-order valence-electron chi connectivity index (χ3n) is 2.44. The fraction of sp³-hybridized carbons (Fsp3) is 0.455. The first-order valence-electron chi connectivity index (χ1n) is 4.73. The quantitative estimate of drug-likeness (QED) is 0.621. The maximum atomic E-state index is 9.40. The number of aryl methyl sites for hydroxylation is 2. The summed E-state index contributed by atoms with van der Waals surface area (Å²) in [5.74, 6) is 0. The van der Waals surface area contributed by atoms with Crippen molar-refractivity contribution in [1.29, 1.82) is 0 Å². The van der Waals surface area contributed by atoms with Gasteiger partial charge in [-0.25, -0.2) is 0 Å². The van der Waals surface area contributed by atoms with Gasteiger partial charge in [0.15, 0.2) is 0 Å². The molecule has 0 aliphatic carbocycles. The Morgan fingerprint density at radius 2 is 1.86 bits per heavy atom. The minimum atomic E-state index is -0.585. The van der Waals surface area contributed by atoms with Crippen LogP contribution in [0.5, 0.6) is 0 Å². The van der Waals surface area contributed by atoms with Crippen LogP contribution in [0.15, 0.2) is 12.1 Å². The van der Waals surface area contributed by atoms with E-state index < -0.39 is 12.1 Å². The number of aliphatic hydroxyl groups excluding tert-OH is 1. The smallest absolute Gasteiger partial charge is 0.0705 e. The number of benzene rings is 1. The van der Waals surface area contributed by atoms with Crippen LogP contribution in [0.4, 0.5) is 5.69 Å². The molecule has 0 spiro atoms. The van der Waals surface area contributed by atoms with Gasteiger partial charge in [0.1, 0.15) is 0 Å². The highest BCUT2D eigenvalue weighted by Crippen LogP contribution is 2.25. The van der Waals surface area contributed by atoms with E-state index in [4.69, 9.17) is 11.5 Å². The van der Waals surface area contributed by atoms with Gasteiger partial charge in [-0.15, -0.1) is 0 Å². The molecule has 0 fully saturated rings. The zero-order valence-electron chi connectivity index (χ0n) is 8.91. The lowest BCUT2D eigenvalue weighted by Crippen LogP contribution is -2.24. The molecular weight excluding hydrogens is 176 g/mol. The van der Waals surface area contributed by atoms with Crippen molar-refractivity contribution in [2.75, 3.05) is 5.73 Å². The van der Waals surface area contributed by atoms with Crippen LogP contribution in [0.1, 0.15) is 29.7 Å². The zero-order valence-corrected chi connectivity index (χ0v) is 8.91. The van der Waals surface area contributed by atoms with E-state index in [1.54, 1.807) is 6.92 Å². The molecule has 14 heavy (non-hydrogen) atoms. The van der Waals surface area contributed by atoms with E-state index in [0.29, 0.717) is 5.69 Å². The summed E-state index contributed by atoms with van der Waals surface area (Å²) < 4.78 is 0. The van der Waals surface area contributed by atoms with Gasteiger partial charge in [0, 0.05) is 5.69 Å². The third-order valence-corrected chi connectivity index (χ3v) is 2.44. The van der Waals surface area contributed by atoms with Crippen molar-refractivity contribution in [3.63, 3.8) is 0 Å². The lowest BCUT2D eigenvalue weighted by Gasteiger charge is -2.19. The Bertz CT molecular complexity index is 334. The molecule has 2 atom stereocenters. The molecule has 5 N–H and O–H groups in total. The standard InChI is InChI=1S/C11H18N2O/c1-6-4-7(2)10(12)9(5-6)11(13)8(3)14/h4-5,8,11,14H,12-13H2,1-3H3/t8-,11+/m0/s1. The number of hydrogen-bond donors (Lipinski definition) is 3. The first kappa shape index (κ1) is 11.0. The Morgan fingerprint density at radius 1 is 1.29 bits per heavy atom. The first-order valence-corrected chi connectivity index (χ1v) is 4.73. The summed E-state index contributed by atoms with van der Waals surface area (Å²) >= 11 is 0. The molecule has 0 radical (unpaired) electrons. The minimum Gasteiger partial charge on any atom is -0.398 e. The second kappa shape index (κ2) is 3.98. The van der Waals surface area contributed by atoms with Gasteiger partial charge in [-0.3, -0.25) is 0 Å². The van der Waals surface area contributed by atoms with Gasteiger partial charge in [0.05, 0.1) is 12.1 Å². The van der Waals surface area contributed by atoms with Crippen molar-refractivity contribution in [2.24, 2.45) is 5.73 Å². The normalized spacial score (nSPS) is 15.2. The maximum absolute atomic E-state index is 9.40. The highest BCUT2D eigenvalue weighted by atomic mass is 16.3. The SMILES string of the molecule is Cc1cc(C)c(N)c([C@H](N)[C@H](C)O)c1. The minimum absolute atomic E-state index is 0.409. The van der Waals surface area contributed by atoms with Crippen molar-refractivity contribution in [3.8, 4) is 0 Å². The second-order valence-electron chi connectivity index (χ2n) is 3.85. The average Bonchev–Trinajstić information content (AvgIpc) is 2.09. The van der Waals surface area contributed by atoms with Gasteiger partial charge in [-0.05, 0) is 31.9 Å². The predicted molar refractivity (Wildman–Crippen MR) is 58.9 cm³/mol. The van der Waals surface area contributed by atoms with Crippen LogP contribution < -0.4 is 11.5 Å². The summed E-state index contributed by atoms with van der Waals surface area (Å²) in [4.78, 5) is 0. The van der Waals surface area contributed by atoms with Crippen molar-refractivity contribution < 1.29 is 5.11 Å². The number of rotatable bonds is 2. The summed E-state index contributed by atoms with van der Waals surface area (Å²) in [5, 5.41) is 9.40. The van der Waals surface area contributed by atoms with Crippen LogP contribution in [0.25, 0.3) is 0 Å². The molecule has 0 aliphatic rings. The van der Waals surface area contributed by atoms with E-state index >= 15 is 0 Å². The number of anilines is 1. The lowest BCUT2D eigenvalue weighted by molar-refractivity contribution is 0.164. The van der Waals surface area contributed by atoms with E-state index in [2.05, 4.69) is 0 Å². The van der Waals surface area contributed by atoms with Crippen LogP contribution in [0.2, 0.25) is 0 Å². The Balaban J connectivity index is 3.20. The summed E-state index contributed by atoms with van der Waals surface area (Å²) in [6.07, 6.45) is -0.585. The van der Waals surface area contributed by atoms with E-state index in [-0.39, 0.29) is 0 Å². The lowest BCUT2D eigenvalue weighted by atomic mass is 9.96. The van der Waals surface area contributed by atoms with Crippen molar-refractivity contribution >= 4 is 5.69 Å². The molecule has 3 nitrogen and oxygen atoms in total. The summed E-state index contributed by atoms with van der Waals surface area (Å²) in [5.41, 5.74) is 15.4. The van der Waals surface area contributed by atoms with Crippen LogP contribution in [0, 0.1) is 13.8 Å². The third kappa shape index (κ3) is 2.05. The maximum Gasteiger partial charge on any atom is 0.0705 e.